The van der Waals surface area contributed by atoms with Crippen LogP contribution >= 0.6 is 0 Å². The standard InChI is InChI=1S/C65H117N3O26/c1-5-7-9-11-13-15-17-19-21-23-25-27-29-31-42(75)41(68-48(78)32-30-28-26-24-22-20-18-16-14-12-10-8-6-2)38-87-62-55(83)54(82)57(46(36-71)89-62)91-63-56(84)60(58(47(37-72)90-63)92-61-50(67-40(4)74)53(81)52(80)45(35-70)88-61)94-65(64(85)86)33-43(76)49(66-39(3)73)59(93-65)51(79)44(77)34-69/h29,31,41-47,49-63,69-72,75-77,79-84H,5-28,30,32-38H2,1-4H3,(H,66,73)(H,67,74)(H,68,78)(H,85,86)/b31-29+/t41-,42+,43-,44+,45+,46+,47+,49+,50+,51+,52-,53+,54+,55+,56+,57+,58-,59?,60+,61-,62+,63-,65-/m0/s1. The molecule has 0 saturated carbocycles. The molecule has 23 atom stereocenters. The Labute approximate surface area is 553 Å². The zero-order valence-corrected chi connectivity index (χ0v) is 55.6. The van der Waals surface area contributed by atoms with Gasteiger partial charge >= 0.3 is 5.97 Å². The Balaban J connectivity index is 1.56. The summed E-state index contributed by atoms with van der Waals surface area (Å²) < 4.78 is 47.8. The summed E-state index contributed by atoms with van der Waals surface area (Å²) in [5, 5.41) is 163. The number of amides is 3. The summed E-state index contributed by atoms with van der Waals surface area (Å²) in [4.78, 5) is 51.8. The SMILES string of the molecule is CCCCCCCCCCCCC/C=C/[C@@H](O)[C@H](CO[C@@H]1O[C@H](CO)[C@@H](O[C@@H]2O[C@H](CO)[C@H](O[C@@H]3O[C@H](CO)[C@H](O)[C@H](O)[C@H]3NC(C)=O)[C@H](O[C@]3(C(=O)O)C[C@H](O)[C@@H](NC(C)=O)C([C@H](O)[C@H](O)CO)O3)[C@H]2O)[C@H](O)[C@H]1O)NC(=O)CCCCCCCCCCCCCCC. The molecular weight excluding hydrogens is 1240 g/mol. The van der Waals surface area contributed by atoms with Gasteiger partial charge in [0.2, 0.25) is 17.7 Å². The molecule has 94 heavy (non-hydrogen) atoms. The number of aliphatic carboxylic acids is 1. The summed E-state index contributed by atoms with van der Waals surface area (Å²) in [6.07, 6.45) is -7.38. The van der Waals surface area contributed by atoms with Crippen molar-refractivity contribution in [3.63, 3.8) is 0 Å². The minimum absolute atomic E-state index is 0.161. The lowest BCUT2D eigenvalue weighted by Crippen LogP contribution is -2.72. The first-order valence-corrected chi connectivity index (χ1v) is 34.6. The van der Waals surface area contributed by atoms with Crippen molar-refractivity contribution in [2.45, 2.75) is 342 Å². The van der Waals surface area contributed by atoms with Gasteiger partial charge in [-0.25, -0.2) is 4.79 Å². The van der Waals surface area contributed by atoms with E-state index in [1.807, 2.05) is 6.08 Å². The van der Waals surface area contributed by atoms with Crippen LogP contribution in [0.5, 0.6) is 0 Å². The Morgan fingerprint density at radius 2 is 1.03 bits per heavy atom. The van der Waals surface area contributed by atoms with Crippen molar-refractivity contribution < 1.29 is 129 Å². The largest absolute Gasteiger partial charge is 0.477 e. The third-order valence-electron chi connectivity index (χ3n) is 18.0. The van der Waals surface area contributed by atoms with Crippen LogP contribution in [-0.2, 0) is 57.1 Å². The first-order chi connectivity index (χ1) is 45.0. The first-order valence-electron chi connectivity index (χ1n) is 34.6. The molecule has 1 unspecified atom stereocenters. The summed E-state index contributed by atoms with van der Waals surface area (Å²) in [7, 11) is 0. The smallest absolute Gasteiger partial charge is 0.364 e. The summed E-state index contributed by atoms with van der Waals surface area (Å²) >= 11 is 0. The van der Waals surface area contributed by atoms with Crippen molar-refractivity contribution in [2.24, 2.45) is 0 Å². The molecule has 0 aromatic carbocycles. The molecule has 4 heterocycles. The molecule has 4 saturated heterocycles. The summed E-state index contributed by atoms with van der Waals surface area (Å²) in [6, 6.07) is -4.52. The molecule has 0 aliphatic carbocycles. The van der Waals surface area contributed by atoms with Gasteiger partial charge in [0.05, 0.1) is 57.3 Å². The van der Waals surface area contributed by atoms with Gasteiger partial charge in [0.1, 0.15) is 91.5 Å². The van der Waals surface area contributed by atoms with E-state index in [0.29, 0.717) is 12.8 Å². The summed E-state index contributed by atoms with van der Waals surface area (Å²) in [5.74, 6) is -7.37. The van der Waals surface area contributed by atoms with E-state index in [1.54, 1.807) is 6.08 Å². The average molecular weight is 1360 g/mol. The van der Waals surface area contributed by atoms with Crippen molar-refractivity contribution in [3.05, 3.63) is 12.2 Å². The third kappa shape index (κ3) is 26.5. The molecule has 4 fully saturated rings. The van der Waals surface area contributed by atoms with Crippen molar-refractivity contribution in [3.8, 4) is 0 Å². The van der Waals surface area contributed by atoms with Gasteiger partial charge in [-0.1, -0.05) is 167 Å². The van der Waals surface area contributed by atoms with Crippen LogP contribution in [0, 0.1) is 0 Å². The first kappa shape index (κ1) is 83.2. The van der Waals surface area contributed by atoms with Gasteiger partial charge in [0.15, 0.2) is 18.9 Å². The number of carbonyl (C=O) groups excluding carboxylic acids is 3. The highest BCUT2D eigenvalue weighted by atomic mass is 16.8. The molecule has 0 bridgehead atoms. The highest BCUT2D eigenvalue weighted by Crippen LogP contribution is 2.40. The second kappa shape index (κ2) is 44.7. The summed E-state index contributed by atoms with van der Waals surface area (Å²) in [6.45, 7) is 1.71. The molecule has 29 nitrogen and oxygen atoms in total. The van der Waals surface area contributed by atoms with Crippen LogP contribution in [0.15, 0.2) is 12.2 Å². The van der Waals surface area contributed by atoms with Crippen LogP contribution in [0.4, 0.5) is 0 Å². The van der Waals surface area contributed by atoms with E-state index in [4.69, 9.17) is 37.9 Å². The van der Waals surface area contributed by atoms with E-state index < -0.39 is 198 Å². The number of rotatable bonds is 47. The molecule has 0 aromatic heterocycles. The van der Waals surface area contributed by atoms with Crippen molar-refractivity contribution in [1.82, 2.24) is 16.0 Å². The fourth-order valence-corrected chi connectivity index (χ4v) is 12.5. The summed E-state index contributed by atoms with van der Waals surface area (Å²) in [5.41, 5.74) is 0. The fraction of sp³-hybridized carbons (Fsp3) is 0.908. The van der Waals surface area contributed by atoms with Gasteiger partial charge in [-0.15, -0.1) is 0 Å². The predicted octanol–water partition coefficient (Wildman–Crippen LogP) is 0.353. The molecule has 4 rings (SSSR count). The molecule has 3 amide bonds. The molecule has 0 aromatic rings. The lowest BCUT2D eigenvalue weighted by Gasteiger charge is -2.52. The zero-order chi connectivity index (χ0) is 69.3. The van der Waals surface area contributed by atoms with E-state index in [2.05, 4.69) is 29.8 Å². The van der Waals surface area contributed by atoms with Gasteiger partial charge in [-0.05, 0) is 19.3 Å². The second-order valence-corrected chi connectivity index (χ2v) is 25.8. The topological polar surface area (TPSA) is 461 Å². The highest BCUT2D eigenvalue weighted by Gasteiger charge is 2.61. The Morgan fingerprint density at radius 3 is 1.54 bits per heavy atom. The Hall–Kier alpha value is -3.22. The quantitative estimate of drug-likeness (QED) is 0.0289. The van der Waals surface area contributed by atoms with Gasteiger partial charge in [0.25, 0.3) is 5.79 Å². The minimum Gasteiger partial charge on any atom is -0.477 e. The van der Waals surface area contributed by atoms with E-state index in [-0.39, 0.29) is 12.3 Å². The number of hydrogen-bond donors (Lipinski definition) is 17. The van der Waals surface area contributed by atoms with Crippen LogP contribution in [0.2, 0.25) is 0 Å². The normalized spacial score (nSPS) is 32.8. The number of aliphatic hydroxyl groups is 13. The Morgan fingerprint density at radius 1 is 0.553 bits per heavy atom. The maximum absolute atomic E-state index is 13.6. The van der Waals surface area contributed by atoms with Crippen molar-refractivity contribution in [1.29, 1.82) is 0 Å². The van der Waals surface area contributed by atoms with Crippen LogP contribution in [-0.4, -0.2) is 269 Å². The molecule has 548 valence electrons. The molecule has 29 heteroatoms. The number of unbranched alkanes of at least 4 members (excludes halogenated alkanes) is 23. The van der Waals surface area contributed by atoms with Crippen LogP contribution < -0.4 is 16.0 Å². The number of allylic oxidation sites excluding steroid dienone is 1. The predicted molar refractivity (Wildman–Crippen MR) is 336 cm³/mol. The van der Waals surface area contributed by atoms with E-state index in [1.165, 1.54) is 96.3 Å². The molecule has 0 radical (unpaired) electrons. The van der Waals surface area contributed by atoms with E-state index in [0.717, 1.165) is 65.2 Å². The van der Waals surface area contributed by atoms with Crippen LogP contribution in [0.1, 0.15) is 201 Å². The second-order valence-electron chi connectivity index (χ2n) is 25.8. The monoisotopic (exact) mass is 1360 g/mol. The van der Waals surface area contributed by atoms with Gasteiger partial charge in [-0.2, -0.15) is 0 Å². The number of carbonyl (C=O) groups is 4. The van der Waals surface area contributed by atoms with Crippen molar-refractivity contribution >= 4 is 23.7 Å². The van der Waals surface area contributed by atoms with Crippen LogP contribution in [0.3, 0.4) is 0 Å². The van der Waals surface area contributed by atoms with E-state index >= 15 is 0 Å². The molecular formula is C65H117N3O26. The molecule has 17 N–H and O–H groups in total. The molecule has 0 spiro atoms. The highest BCUT2D eigenvalue weighted by molar-refractivity contribution is 5.77. The minimum atomic E-state index is -3.28. The number of carboxylic acid groups (broad SMARTS) is 1. The number of carboxylic acids is 1. The number of nitrogens with one attached hydrogen (secondary N) is 3. The van der Waals surface area contributed by atoms with E-state index in [9.17, 15) is 90.7 Å². The maximum atomic E-state index is 13.6. The maximum Gasteiger partial charge on any atom is 0.364 e. The lowest BCUT2D eigenvalue weighted by molar-refractivity contribution is -0.401. The van der Waals surface area contributed by atoms with Crippen molar-refractivity contribution in [2.75, 3.05) is 33.0 Å². The van der Waals surface area contributed by atoms with Gasteiger partial charge in [-0.3, -0.25) is 14.4 Å². The van der Waals surface area contributed by atoms with Gasteiger partial charge < -0.3 is 125 Å². The number of ether oxygens (including phenoxy) is 8. The zero-order valence-electron chi connectivity index (χ0n) is 55.6. The Kier molecular flexibility index (Phi) is 39.6. The van der Waals surface area contributed by atoms with Crippen LogP contribution in [0.25, 0.3) is 0 Å². The average Bonchev–Trinajstić information content (AvgIpc) is 0.755. The Bertz CT molecular complexity index is 2140. The molecule has 4 aliphatic heterocycles. The molecule has 4 aliphatic rings. The van der Waals surface area contributed by atoms with Gasteiger partial charge in [0, 0.05) is 26.7 Å². The number of hydrogen-bond acceptors (Lipinski definition) is 25. The fourth-order valence-electron chi connectivity index (χ4n) is 12.5. The lowest BCUT2D eigenvalue weighted by atomic mass is 9.88. The third-order valence-corrected chi connectivity index (χ3v) is 18.0. The number of aliphatic hydroxyl groups excluding tert-OH is 13.